The van der Waals surface area contributed by atoms with E-state index in [1.807, 2.05) is 36.4 Å². The van der Waals surface area contributed by atoms with E-state index in [0.717, 1.165) is 30.1 Å². The van der Waals surface area contributed by atoms with Gasteiger partial charge in [-0.3, -0.25) is 0 Å². The summed E-state index contributed by atoms with van der Waals surface area (Å²) in [6.45, 7) is 2.93. The highest BCUT2D eigenvalue weighted by Crippen LogP contribution is 2.11. The summed E-state index contributed by atoms with van der Waals surface area (Å²) in [5, 5.41) is 7.84. The lowest BCUT2D eigenvalue weighted by molar-refractivity contribution is 0.873. The smallest absolute Gasteiger partial charge is 0.170 e. The zero-order valence-corrected chi connectivity index (χ0v) is 13.6. The molecule has 0 spiro atoms. The molecule has 0 aliphatic carbocycles. The van der Waals surface area contributed by atoms with E-state index >= 15 is 0 Å². The van der Waals surface area contributed by atoms with Gasteiger partial charge in [0.05, 0.1) is 0 Å². The molecule has 21 heavy (non-hydrogen) atoms. The van der Waals surface area contributed by atoms with Crippen LogP contribution in [0.5, 0.6) is 0 Å². The van der Waals surface area contributed by atoms with Gasteiger partial charge in [-0.1, -0.05) is 42.8 Å². The molecule has 0 aliphatic rings. The van der Waals surface area contributed by atoms with Crippen molar-refractivity contribution in [2.45, 2.75) is 19.8 Å². The third kappa shape index (κ3) is 5.37. The van der Waals surface area contributed by atoms with Gasteiger partial charge >= 0.3 is 0 Å². The lowest BCUT2D eigenvalue weighted by atomic mass is 10.1. The van der Waals surface area contributed by atoms with Crippen molar-refractivity contribution in [1.82, 2.24) is 5.32 Å². The molecule has 2 aromatic rings. The van der Waals surface area contributed by atoms with Crippen LogP contribution in [0, 0.1) is 0 Å². The van der Waals surface area contributed by atoms with Crippen LogP contribution in [0.3, 0.4) is 0 Å². The highest BCUT2D eigenvalue weighted by Gasteiger charge is 1.99. The van der Waals surface area contributed by atoms with Crippen LogP contribution in [-0.2, 0) is 12.8 Å². The number of halogens is 1. The Morgan fingerprint density at radius 1 is 1.10 bits per heavy atom. The van der Waals surface area contributed by atoms with Gasteiger partial charge < -0.3 is 10.6 Å². The number of hydrogen-bond acceptors (Lipinski definition) is 1. The molecule has 2 aromatic carbocycles. The third-order valence-corrected chi connectivity index (χ3v) is 3.70. The Labute approximate surface area is 136 Å². The standard InChI is InChI=1S/C17H19ClN2S/c1-2-13-4-3-5-16(12-13)20-17(21)19-11-10-14-6-8-15(18)9-7-14/h3-9,12H,2,10-11H2,1H3,(H2,19,20,21). The molecule has 0 unspecified atom stereocenters. The number of benzene rings is 2. The average molecular weight is 319 g/mol. The first-order chi connectivity index (χ1) is 10.2. The molecule has 0 atom stereocenters. The van der Waals surface area contributed by atoms with Crippen LogP contribution in [0.2, 0.25) is 5.02 Å². The molecule has 0 saturated carbocycles. The number of nitrogens with one attached hydrogen (secondary N) is 2. The fourth-order valence-electron chi connectivity index (χ4n) is 2.02. The Kier molecular flexibility index (Phi) is 6.03. The number of rotatable bonds is 5. The Bertz CT molecular complexity index is 596. The topological polar surface area (TPSA) is 24.1 Å². The maximum atomic E-state index is 5.86. The van der Waals surface area contributed by atoms with Gasteiger partial charge in [-0.25, -0.2) is 0 Å². The fraction of sp³-hybridized carbons (Fsp3) is 0.235. The molecule has 4 heteroatoms. The molecule has 2 nitrogen and oxygen atoms in total. The first-order valence-electron chi connectivity index (χ1n) is 7.05. The summed E-state index contributed by atoms with van der Waals surface area (Å²) in [7, 11) is 0. The summed E-state index contributed by atoms with van der Waals surface area (Å²) in [5.74, 6) is 0. The summed E-state index contributed by atoms with van der Waals surface area (Å²) in [6.07, 6.45) is 1.93. The minimum Gasteiger partial charge on any atom is -0.362 e. The molecule has 0 bridgehead atoms. The summed E-state index contributed by atoms with van der Waals surface area (Å²) < 4.78 is 0. The molecular weight excluding hydrogens is 300 g/mol. The van der Waals surface area contributed by atoms with Crippen molar-refractivity contribution in [2.75, 3.05) is 11.9 Å². The number of thiocarbonyl (C=S) groups is 1. The minimum absolute atomic E-state index is 0.650. The monoisotopic (exact) mass is 318 g/mol. The molecule has 0 fully saturated rings. The Morgan fingerprint density at radius 3 is 2.57 bits per heavy atom. The zero-order chi connectivity index (χ0) is 15.1. The van der Waals surface area contributed by atoms with Crippen molar-refractivity contribution in [3.05, 3.63) is 64.7 Å². The van der Waals surface area contributed by atoms with Crippen molar-refractivity contribution in [2.24, 2.45) is 0 Å². The van der Waals surface area contributed by atoms with Crippen LogP contribution in [0.15, 0.2) is 48.5 Å². The zero-order valence-electron chi connectivity index (χ0n) is 12.0. The summed E-state index contributed by atoms with van der Waals surface area (Å²) >= 11 is 11.2. The van der Waals surface area contributed by atoms with Crippen LogP contribution < -0.4 is 10.6 Å². The van der Waals surface area contributed by atoms with E-state index in [1.54, 1.807) is 0 Å². The van der Waals surface area contributed by atoms with Crippen molar-refractivity contribution in [1.29, 1.82) is 0 Å². The maximum absolute atomic E-state index is 5.86. The second-order valence-electron chi connectivity index (χ2n) is 4.81. The van der Waals surface area contributed by atoms with Crippen LogP contribution in [0.4, 0.5) is 5.69 Å². The highest BCUT2D eigenvalue weighted by atomic mass is 35.5. The molecule has 0 heterocycles. The lowest BCUT2D eigenvalue weighted by Crippen LogP contribution is -2.30. The van der Waals surface area contributed by atoms with Crippen LogP contribution >= 0.6 is 23.8 Å². The van der Waals surface area contributed by atoms with Gasteiger partial charge in [-0.2, -0.15) is 0 Å². The maximum Gasteiger partial charge on any atom is 0.170 e. The van der Waals surface area contributed by atoms with E-state index < -0.39 is 0 Å². The van der Waals surface area contributed by atoms with E-state index in [2.05, 4.69) is 29.7 Å². The van der Waals surface area contributed by atoms with Crippen LogP contribution in [-0.4, -0.2) is 11.7 Å². The molecule has 0 amide bonds. The van der Waals surface area contributed by atoms with Gasteiger partial charge in [-0.15, -0.1) is 0 Å². The fourth-order valence-corrected chi connectivity index (χ4v) is 2.36. The Balaban J connectivity index is 1.78. The predicted molar refractivity (Wildman–Crippen MR) is 95.2 cm³/mol. The quantitative estimate of drug-likeness (QED) is 0.797. The summed E-state index contributed by atoms with van der Waals surface area (Å²) in [4.78, 5) is 0. The molecule has 2 N–H and O–H groups in total. The van der Waals surface area contributed by atoms with Crippen molar-refractivity contribution in [3.8, 4) is 0 Å². The molecule has 0 aliphatic heterocycles. The summed E-state index contributed by atoms with van der Waals surface area (Å²) in [5.41, 5.74) is 3.56. The number of anilines is 1. The molecule has 0 radical (unpaired) electrons. The second-order valence-corrected chi connectivity index (χ2v) is 5.66. The average Bonchev–Trinajstić information content (AvgIpc) is 2.49. The van der Waals surface area contributed by atoms with Crippen molar-refractivity contribution in [3.63, 3.8) is 0 Å². The minimum atomic E-state index is 0.650. The van der Waals surface area contributed by atoms with Gasteiger partial charge in [0.15, 0.2) is 5.11 Å². The van der Waals surface area contributed by atoms with Gasteiger partial charge in [0.2, 0.25) is 0 Å². The van der Waals surface area contributed by atoms with Crippen molar-refractivity contribution >= 4 is 34.6 Å². The molecule has 2 rings (SSSR count). The number of aryl methyl sites for hydroxylation is 1. The van der Waals surface area contributed by atoms with Crippen molar-refractivity contribution < 1.29 is 0 Å². The Hall–Kier alpha value is -1.58. The Morgan fingerprint density at radius 2 is 1.86 bits per heavy atom. The molecule has 110 valence electrons. The van der Waals surface area contributed by atoms with Gasteiger partial charge in [0.25, 0.3) is 0 Å². The largest absolute Gasteiger partial charge is 0.362 e. The SMILES string of the molecule is CCc1cccc(NC(=S)NCCc2ccc(Cl)cc2)c1. The molecule has 0 saturated heterocycles. The number of hydrogen-bond donors (Lipinski definition) is 2. The third-order valence-electron chi connectivity index (χ3n) is 3.21. The van der Waals surface area contributed by atoms with Crippen LogP contribution in [0.1, 0.15) is 18.1 Å². The van der Waals surface area contributed by atoms with E-state index in [-0.39, 0.29) is 0 Å². The summed E-state index contributed by atoms with van der Waals surface area (Å²) in [6, 6.07) is 16.2. The molecule has 0 aromatic heterocycles. The van der Waals surface area contributed by atoms with Gasteiger partial charge in [0.1, 0.15) is 0 Å². The first kappa shape index (κ1) is 15.8. The van der Waals surface area contributed by atoms with E-state index in [4.69, 9.17) is 23.8 Å². The lowest BCUT2D eigenvalue weighted by Gasteiger charge is -2.11. The van der Waals surface area contributed by atoms with Gasteiger partial charge in [0, 0.05) is 17.3 Å². The normalized spacial score (nSPS) is 10.2. The van der Waals surface area contributed by atoms with E-state index in [9.17, 15) is 0 Å². The van der Waals surface area contributed by atoms with Gasteiger partial charge in [-0.05, 0) is 60.5 Å². The second kappa shape index (κ2) is 8.01. The first-order valence-corrected chi connectivity index (χ1v) is 7.84. The van der Waals surface area contributed by atoms with E-state index in [0.29, 0.717) is 5.11 Å². The molecular formula is C17H19ClN2S. The van der Waals surface area contributed by atoms with E-state index in [1.165, 1.54) is 11.1 Å². The van der Waals surface area contributed by atoms with Crippen LogP contribution in [0.25, 0.3) is 0 Å². The highest BCUT2D eigenvalue weighted by molar-refractivity contribution is 7.80. The predicted octanol–water partition coefficient (Wildman–Crippen LogP) is 4.43.